The Balaban J connectivity index is 1.55. The Morgan fingerprint density at radius 3 is 2.64 bits per heavy atom. The van der Waals surface area contributed by atoms with E-state index in [2.05, 4.69) is 10.4 Å². The van der Waals surface area contributed by atoms with Gasteiger partial charge in [-0.15, -0.1) is 0 Å². The number of rotatable bonds is 3. The first-order valence-electron chi connectivity index (χ1n) is 9.11. The van der Waals surface area contributed by atoms with Crippen molar-refractivity contribution in [1.82, 2.24) is 9.78 Å². The van der Waals surface area contributed by atoms with Gasteiger partial charge in [-0.2, -0.15) is 5.10 Å². The fraction of sp³-hybridized carbons (Fsp3) is 0.238. The van der Waals surface area contributed by atoms with Crippen LogP contribution >= 0.6 is 0 Å². The molecule has 7 heteroatoms. The highest BCUT2D eigenvalue weighted by atomic mass is 16.2. The van der Waals surface area contributed by atoms with Crippen LogP contribution in [0.1, 0.15) is 18.2 Å². The second kappa shape index (κ2) is 6.92. The van der Waals surface area contributed by atoms with Crippen molar-refractivity contribution in [3.8, 4) is 0 Å². The number of aryl methyl sites for hydroxylation is 1. The molecule has 0 aliphatic carbocycles. The van der Waals surface area contributed by atoms with Gasteiger partial charge >= 0.3 is 0 Å². The summed E-state index contributed by atoms with van der Waals surface area (Å²) < 4.78 is 1.19. The predicted octanol–water partition coefficient (Wildman–Crippen LogP) is 2.25. The molecule has 7 nitrogen and oxygen atoms in total. The number of fused-ring (bicyclic) bond motifs is 2. The average molecular weight is 376 g/mol. The van der Waals surface area contributed by atoms with E-state index in [0.717, 1.165) is 23.1 Å². The number of benzene rings is 2. The Labute approximate surface area is 161 Å². The molecule has 0 unspecified atom stereocenters. The van der Waals surface area contributed by atoms with Crippen molar-refractivity contribution in [1.29, 1.82) is 0 Å². The molecule has 0 spiro atoms. The molecule has 142 valence electrons. The zero-order valence-corrected chi connectivity index (χ0v) is 15.7. The molecule has 0 bridgehead atoms. The minimum Gasteiger partial charge on any atom is -0.324 e. The van der Waals surface area contributed by atoms with Gasteiger partial charge in [0.2, 0.25) is 11.8 Å². The van der Waals surface area contributed by atoms with Crippen molar-refractivity contribution >= 4 is 34.0 Å². The normalized spacial score (nSPS) is 12.9. The van der Waals surface area contributed by atoms with Gasteiger partial charge in [0.25, 0.3) is 5.56 Å². The van der Waals surface area contributed by atoms with E-state index in [4.69, 9.17) is 0 Å². The summed E-state index contributed by atoms with van der Waals surface area (Å²) in [6.07, 6.45) is 0.753. The Bertz CT molecular complexity index is 1170. The summed E-state index contributed by atoms with van der Waals surface area (Å²) in [6, 6.07) is 12.7. The highest BCUT2D eigenvalue weighted by Gasteiger charge is 2.22. The van der Waals surface area contributed by atoms with Crippen LogP contribution in [0, 0.1) is 6.92 Å². The van der Waals surface area contributed by atoms with Gasteiger partial charge in [0.1, 0.15) is 6.54 Å². The maximum Gasteiger partial charge on any atom is 0.275 e. The maximum absolute atomic E-state index is 12.6. The largest absolute Gasteiger partial charge is 0.324 e. The van der Waals surface area contributed by atoms with Gasteiger partial charge in [0.05, 0.1) is 11.1 Å². The fourth-order valence-corrected chi connectivity index (χ4v) is 3.65. The highest BCUT2D eigenvalue weighted by molar-refractivity contribution is 5.95. The summed E-state index contributed by atoms with van der Waals surface area (Å²) in [5.41, 5.74) is 2.95. The molecule has 1 N–H and O–H groups in total. The third kappa shape index (κ3) is 3.15. The Kier molecular flexibility index (Phi) is 4.43. The van der Waals surface area contributed by atoms with Crippen LogP contribution in [0.3, 0.4) is 0 Å². The van der Waals surface area contributed by atoms with E-state index in [0.29, 0.717) is 23.3 Å². The lowest BCUT2D eigenvalue weighted by Crippen LogP contribution is -2.30. The number of hydrogen-bond donors (Lipinski definition) is 1. The van der Waals surface area contributed by atoms with Crippen molar-refractivity contribution in [2.45, 2.75) is 26.8 Å². The Morgan fingerprint density at radius 2 is 1.89 bits per heavy atom. The van der Waals surface area contributed by atoms with Crippen LogP contribution in [0.2, 0.25) is 0 Å². The molecule has 0 atom stereocenters. The molecule has 2 heterocycles. The third-order valence-electron chi connectivity index (χ3n) is 4.98. The van der Waals surface area contributed by atoms with E-state index in [1.54, 1.807) is 30.0 Å². The Morgan fingerprint density at radius 1 is 1.14 bits per heavy atom. The lowest BCUT2D eigenvalue weighted by atomic mass is 10.1. The van der Waals surface area contributed by atoms with Gasteiger partial charge in [0.15, 0.2) is 0 Å². The van der Waals surface area contributed by atoms with Gasteiger partial charge < -0.3 is 10.2 Å². The number of anilines is 2. The van der Waals surface area contributed by atoms with Crippen molar-refractivity contribution in [2.24, 2.45) is 0 Å². The zero-order valence-electron chi connectivity index (χ0n) is 15.7. The van der Waals surface area contributed by atoms with E-state index in [1.807, 2.05) is 31.2 Å². The van der Waals surface area contributed by atoms with Gasteiger partial charge in [-0.05, 0) is 43.2 Å². The number of carbonyl (C=O) groups is 2. The number of amides is 2. The first kappa shape index (κ1) is 17.9. The maximum atomic E-state index is 12.6. The quantitative estimate of drug-likeness (QED) is 0.760. The number of nitrogens with zero attached hydrogens (tertiary/aromatic N) is 3. The minimum absolute atomic E-state index is 0.00709. The Hall–Kier alpha value is -3.48. The van der Waals surface area contributed by atoms with Crippen molar-refractivity contribution in [3.05, 3.63) is 64.1 Å². The number of hydrogen-bond acceptors (Lipinski definition) is 4. The third-order valence-corrected chi connectivity index (χ3v) is 4.98. The molecule has 1 aromatic heterocycles. The summed E-state index contributed by atoms with van der Waals surface area (Å²) in [7, 11) is 0. The molecule has 0 fully saturated rings. The van der Waals surface area contributed by atoms with Crippen molar-refractivity contribution in [2.75, 3.05) is 16.8 Å². The van der Waals surface area contributed by atoms with Crippen LogP contribution in [0.25, 0.3) is 10.8 Å². The second-order valence-corrected chi connectivity index (χ2v) is 6.91. The SMILES string of the molecule is CC(=O)N1CCc2cc(NC(=O)Cn3nc(C)c4ccccc4c3=O)ccc21. The molecule has 28 heavy (non-hydrogen) atoms. The molecular weight excluding hydrogens is 356 g/mol. The van der Waals surface area contributed by atoms with Crippen LogP contribution < -0.4 is 15.8 Å². The second-order valence-electron chi connectivity index (χ2n) is 6.91. The summed E-state index contributed by atoms with van der Waals surface area (Å²) in [5.74, 6) is -0.321. The summed E-state index contributed by atoms with van der Waals surface area (Å²) in [5, 5.41) is 8.42. The van der Waals surface area contributed by atoms with Crippen molar-refractivity contribution in [3.63, 3.8) is 0 Å². The standard InChI is InChI=1S/C21H20N4O3/c1-13-17-5-3-4-6-18(17)21(28)25(23-13)12-20(27)22-16-7-8-19-15(11-16)9-10-24(19)14(2)26/h3-8,11H,9-10,12H2,1-2H3,(H,22,27). The van der Waals surface area contributed by atoms with Gasteiger partial charge in [-0.1, -0.05) is 18.2 Å². The fourth-order valence-electron chi connectivity index (χ4n) is 3.65. The van der Waals surface area contributed by atoms with E-state index in [-0.39, 0.29) is 23.9 Å². The van der Waals surface area contributed by atoms with Crippen LogP contribution in [-0.2, 0) is 22.6 Å². The smallest absolute Gasteiger partial charge is 0.275 e. The summed E-state index contributed by atoms with van der Waals surface area (Å²) in [4.78, 5) is 38.5. The molecule has 4 rings (SSSR count). The lowest BCUT2D eigenvalue weighted by molar-refractivity contribution is -0.117. The van der Waals surface area contributed by atoms with Gasteiger partial charge in [0, 0.05) is 30.2 Å². The van der Waals surface area contributed by atoms with E-state index in [1.165, 1.54) is 4.68 Å². The molecule has 1 aliphatic heterocycles. The minimum atomic E-state index is -0.328. The molecule has 2 amide bonds. The van der Waals surface area contributed by atoms with Crippen LogP contribution in [0.5, 0.6) is 0 Å². The number of aromatic nitrogens is 2. The van der Waals surface area contributed by atoms with E-state index in [9.17, 15) is 14.4 Å². The molecular formula is C21H20N4O3. The number of nitrogens with one attached hydrogen (secondary N) is 1. The molecule has 0 saturated carbocycles. The first-order valence-corrected chi connectivity index (χ1v) is 9.11. The molecule has 2 aromatic carbocycles. The lowest BCUT2D eigenvalue weighted by Gasteiger charge is -2.15. The summed E-state index contributed by atoms with van der Waals surface area (Å²) >= 11 is 0. The van der Waals surface area contributed by atoms with E-state index >= 15 is 0 Å². The van der Waals surface area contributed by atoms with Crippen LogP contribution in [-0.4, -0.2) is 28.1 Å². The molecule has 1 aliphatic rings. The molecule has 3 aromatic rings. The zero-order chi connectivity index (χ0) is 19.8. The first-order chi connectivity index (χ1) is 13.4. The van der Waals surface area contributed by atoms with Crippen LogP contribution in [0.4, 0.5) is 11.4 Å². The monoisotopic (exact) mass is 376 g/mol. The van der Waals surface area contributed by atoms with Crippen LogP contribution in [0.15, 0.2) is 47.3 Å². The number of carbonyl (C=O) groups excluding carboxylic acids is 2. The van der Waals surface area contributed by atoms with Gasteiger partial charge in [-0.25, -0.2) is 4.68 Å². The molecule has 0 saturated heterocycles. The highest BCUT2D eigenvalue weighted by Crippen LogP contribution is 2.30. The predicted molar refractivity (Wildman–Crippen MR) is 108 cm³/mol. The molecule has 0 radical (unpaired) electrons. The average Bonchev–Trinajstić information content (AvgIpc) is 3.09. The van der Waals surface area contributed by atoms with Crippen molar-refractivity contribution < 1.29 is 9.59 Å². The topological polar surface area (TPSA) is 84.3 Å². The van der Waals surface area contributed by atoms with E-state index < -0.39 is 0 Å². The summed E-state index contributed by atoms with van der Waals surface area (Å²) in [6.45, 7) is 3.84. The van der Waals surface area contributed by atoms with Gasteiger partial charge in [-0.3, -0.25) is 14.4 Å².